The molecule has 0 bridgehead atoms. The van der Waals surface area contributed by atoms with Crippen molar-refractivity contribution in [3.63, 3.8) is 0 Å². The number of hydrogen-bond donors (Lipinski definition) is 3. The number of unbranched alkanes of at least 4 members (excludes halogenated alkanes) is 1. The number of hydrogen-bond acceptors (Lipinski definition) is 5. The SMILES string of the molecule is CCCCn1c(S[C@H](C)C(=O)NC(=O)NC)nnc1[C@H](CC)[NH+](C)C. The van der Waals surface area contributed by atoms with Crippen LogP contribution in [-0.4, -0.2) is 53.1 Å². The summed E-state index contributed by atoms with van der Waals surface area (Å²) in [5.74, 6) is 0.610. The lowest BCUT2D eigenvalue weighted by molar-refractivity contribution is -0.893. The summed E-state index contributed by atoms with van der Waals surface area (Å²) in [5, 5.41) is 13.7. The van der Waals surface area contributed by atoms with Gasteiger partial charge in [-0.25, -0.2) is 4.79 Å². The zero-order valence-corrected chi connectivity index (χ0v) is 16.9. The normalized spacial score (nSPS) is 13.6. The van der Waals surface area contributed by atoms with Gasteiger partial charge in [-0.15, -0.1) is 10.2 Å². The van der Waals surface area contributed by atoms with Crippen LogP contribution in [0.5, 0.6) is 0 Å². The van der Waals surface area contributed by atoms with E-state index in [9.17, 15) is 9.59 Å². The molecule has 0 spiro atoms. The van der Waals surface area contributed by atoms with E-state index in [1.165, 1.54) is 23.7 Å². The van der Waals surface area contributed by atoms with Crippen molar-refractivity contribution in [1.29, 1.82) is 0 Å². The fraction of sp³-hybridized carbons (Fsp3) is 0.750. The van der Waals surface area contributed by atoms with Crippen LogP contribution >= 0.6 is 11.8 Å². The van der Waals surface area contributed by atoms with Gasteiger partial charge in [-0.05, 0) is 13.3 Å². The molecular weight excluding hydrogens is 340 g/mol. The van der Waals surface area contributed by atoms with Crippen molar-refractivity contribution < 1.29 is 14.5 Å². The van der Waals surface area contributed by atoms with Gasteiger partial charge in [0.1, 0.15) is 6.04 Å². The lowest BCUT2D eigenvalue weighted by Gasteiger charge is -2.20. The van der Waals surface area contributed by atoms with Crippen LogP contribution in [-0.2, 0) is 11.3 Å². The summed E-state index contributed by atoms with van der Waals surface area (Å²) in [6, 6.07) is -0.249. The molecule has 0 aromatic carbocycles. The van der Waals surface area contributed by atoms with Gasteiger partial charge in [-0.3, -0.25) is 10.1 Å². The van der Waals surface area contributed by atoms with Gasteiger partial charge in [0.25, 0.3) is 0 Å². The van der Waals surface area contributed by atoms with Crippen molar-refractivity contribution >= 4 is 23.7 Å². The van der Waals surface area contributed by atoms with Crippen LogP contribution in [0, 0.1) is 0 Å². The van der Waals surface area contributed by atoms with Gasteiger partial charge < -0.3 is 14.8 Å². The molecule has 25 heavy (non-hydrogen) atoms. The predicted octanol–water partition coefficient (Wildman–Crippen LogP) is 0.610. The first-order valence-electron chi connectivity index (χ1n) is 8.77. The van der Waals surface area contributed by atoms with Crippen molar-refractivity contribution in [2.24, 2.45) is 0 Å². The average Bonchev–Trinajstić information content (AvgIpc) is 2.95. The van der Waals surface area contributed by atoms with E-state index in [0.717, 1.165) is 36.8 Å². The topological polar surface area (TPSA) is 93.4 Å². The summed E-state index contributed by atoms with van der Waals surface area (Å²) in [6.45, 7) is 6.87. The van der Waals surface area contributed by atoms with Crippen LogP contribution in [0.1, 0.15) is 51.9 Å². The molecule has 142 valence electrons. The molecule has 0 unspecified atom stereocenters. The number of imide groups is 1. The molecular formula is C16H31N6O2S+. The maximum absolute atomic E-state index is 12.1. The Morgan fingerprint density at radius 3 is 2.48 bits per heavy atom. The molecule has 0 aliphatic rings. The zero-order chi connectivity index (χ0) is 19.0. The smallest absolute Gasteiger partial charge is 0.321 e. The average molecular weight is 372 g/mol. The molecule has 0 saturated carbocycles. The quantitative estimate of drug-likeness (QED) is 0.553. The van der Waals surface area contributed by atoms with E-state index in [1.54, 1.807) is 6.92 Å². The molecule has 0 saturated heterocycles. The van der Waals surface area contributed by atoms with Crippen molar-refractivity contribution in [3.05, 3.63) is 5.82 Å². The molecule has 2 atom stereocenters. The molecule has 1 aromatic rings. The summed E-state index contributed by atoms with van der Waals surface area (Å²) in [6.07, 6.45) is 3.06. The van der Waals surface area contributed by atoms with E-state index < -0.39 is 11.3 Å². The van der Waals surface area contributed by atoms with Crippen molar-refractivity contribution in [2.75, 3.05) is 21.1 Å². The number of nitrogens with one attached hydrogen (secondary N) is 3. The standard InChI is InChI=1S/C16H30N6O2S/c1-7-9-10-22-13(12(8-2)21(5)6)19-20-16(22)25-11(3)14(23)18-15(24)17-4/h11-12H,7-10H2,1-6H3,(H2,17,18,23,24)/p+1/t11-,12+/m1/s1. The number of rotatable bonds is 9. The van der Waals surface area contributed by atoms with E-state index in [0.29, 0.717) is 0 Å². The summed E-state index contributed by atoms with van der Waals surface area (Å²) in [4.78, 5) is 24.7. The fourth-order valence-electron chi connectivity index (χ4n) is 2.51. The van der Waals surface area contributed by atoms with E-state index in [4.69, 9.17) is 0 Å². The van der Waals surface area contributed by atoms with Crippen LogP contribution in [0.15, 0.2) is 5.16 Å². The van der Waals surface area contributed by atoms with Gasteiger partial charge in [0.2, 0.25) is 5.91 Å². The van der Waals surface area contributed by atoms with E-state index in [2.05, 4.69) is 53.3 Å². The Morgan fingerprint density at radius 2 is 1.96 bits per heavy atom. The minimum absolute atomic E-state index is 0.258. The summed E-state index contributed by atoms with van der Waals surface area (Å²) in [5.41, 5.74) is 0. The lowest BCUT2D eigenvalue weighted by atomic mass is 10.2. The Bertz CT molecular complexity index is 575. The van der Waals surface area contributed by atoms with Crippen molar-refractivity contribution in [1.82, 2.24) is 25.4 Å². The third kappa shape index (κ3) is 6.00. The Balaban J connectivity index is 3.00. The first-order chi connectivity index (χ1) is 11.8. The molecule has 0 aliphatic heterocycles. The van der Waals surface area contributed by atoms with Gasteiger partial charge in [-0.2, -0.15) is 0 Å². The van der Waals surface area contributed by atoms with Crippen LogP contribution < -0.4 is 15.5 Å². The molecule has 9 heteroatoms. The van der Waals surface area contributed by atoms with Gasteiger partial charge in [0.05, 0.1) is 19.3 Å². The van der Waals surface area contributed by atoms with Gasteiger partial charge >= 0.3 is 6.03 Å². The summed E-state index contributed by atoms with van der Waals surface area (Å²) < 4.78 is 2.12. The summed E-state index contributed by atoms with van der Waals surface area (Å²) in [7, 11) is 5.70. The maximum atomic E-state index is 12.1. The lowest BCUT2D eigenvalue weighted by Crippen LogP contribution is -3.06. The predicted molar refractivity (Wildman–Crippen MR) is 98.7 cm³/mol. The second-order valence-electron chi connectivity index (χ2n) is 6.21. The Hall–Kier alpha value is -1.61. The Labute approximate surface area is 154 Å². The zero-order valence-electron chi connectivity index (χ0n) is 16.0. The minimum atomic E-state index is -0.507. The Kier molecular flexibility index (Phi) is 8.91. The number of carbonyl (C=O) groups is 2. The minimum Gasteiger partial charge on any atom is -0.341 e. The third-order valence-electron chi connectivity index (χ3n) is 4.01. The number of thioether (sulfide) groups is 1. The highest BCUT2D eigenvalue weighted by Gasteiger charge is 2.26. The highest BCUT2D eigenvalue weighted by molar-refractivity contribution is 8.00. The first-order valence-corrected chi connectivity index (χ1v) is 9.65. The van der Waals surface area contributed by atoms with Crippen molar-refractivity contribution in [3.8, 4) is 0 Å². The van der Waals surface area contributed by atoms with Gasteiger partial charge in [0.15, 0.2) is 11.0 Å². The molecule has 0 aliphatic carbocycles. The van der Waals surface area contributed by atoms with Crippen molar-refractivity contribution in [2.45, 2.75) is 63.0 Å². The van der Waals surface area contributed by atoms with Gasteiger partial charge in [-0.1, -0.05) is 32.0 Å². The van der Waals surface area contributed by atoms with E-state index in [1.807, 2.05) is 0 Å². The summed E-state index contributed by atoms with van der Waals surface area (Å²) >= 11 is 1.33. The van der Waals surface area contributed by atoms with E-state index >= 15 is 0 Å². The molecule has 0 fully saturated rings. The largest absolute Gasteiger partial charge is 0.341 e. The van der Waals surface area contributed by atoms with Crippen LogP contribution in [0.4, 0.5) is 4.79 Å². The van der Waals surface area contributed by atoms with E-state index in [-0.39, 0.29) is 11.9 Å². The monoisotopic (exact) mass is 371 g/mol. The molecule has 1 aromatic heterocycles. The molecule has 1 rings (SSSR count). The number of amides is 3. The molecule has 3 N–H and O–H groups in total. The highest BCUT2D eigenvalue weighted by atomic mass is 32.2. The number of urea groups is 1. The molecule has 3 amide bonds. The highest BCUT2D eigenvalue weighted by Crippen LogP contribution is 2.25. The van der Waals surface area contributed by atoms with Gasteiger partial charge in [0, 0.05) is 20.0 Å². The molecule has 0 radical (unpaired) electrons. The van der Waals surface area contributed by atoms with Crippen LogP contribution in [0.25, 0.3) is 0 Å². The fourth-order valence-corrected chi connectivity index (χ4v) is 3.39. The second-order valence-corrected chi connectivity index (χ2v) is 7.52. The molecule has 8 nitrogen and oxygen atoms in total. The Morgan fingerprint density at radius 1 is 1.28 bits per heavy atom. The van der Waals surface area contributed by atoms with Crippen LogP contribution in [0.2, 0.25) is 0 Å². The number of nitrogens with zero attached hydrogens (tertiary/aromatic N) is 3. The van der Waals surface area contributed by atoms with Crippen LogP contribution in [0.3, 0.4) is 0 Å². The third-order valence-corrected chi connectivity index (χ3v) is 5.09. The first kappa shape index (κ1) is 21.4. The maximum Gasteiger partial charge on any atom is 0.321 e. The number of carbonyl (C=O) groups excluding carboxylic acids is 2. The molecule has 1 heterocycles. The second kappa shape index (κ2) is 10.4. The number of quaternary nitrogens is 1. The number of aromatic nitrogens is 3.